The summed E-state index contributed by atoms with van der Waals surface area (Å²) >= 11 is 0. The molecular formula is C13H26N2O4. The van der Waals surface area contributed by atoms with Crippen LogP contribution in [0.3, 0.4) is 0 Å². The van der Waals surface area contributed by atoms with Crippen molar-refractivity contribution in [3.05, 3.63) is 0 Å². The summed E-state index contributed by atoms with van der Waals surface area (Å²) < 4.78 is 5.13. The summed E-state index contributed by atoms with van der Waals surface area (Å²) in [5.41, 5.74) is -0.515. The molecule has 0 rings (SSSR count). The van der Waals surface area contributed by atoms with Gasteiger partial charge in [-0.25, -0.2) is 4.79 Å². The van der Waals surface area contributed by atoms with E-state index < -0.39 is 23.7 Å². The fourth-order valence-corrected chi connectivity index (χ4v) is 1.46. The van der Waals surface area contributed by atoms with Crippen LogP contribution in [0.2, 0.25) is 0 Å². The fourth-order valence-electron chi connectivity index (χ4n) is 1.46. The maximum atomic E-state index is 11.5. The number of carbonyl (C=O) groups excluding carboxylic acids is 1. The molecule has 0 spiro atoms. The molecule has 0 aromatic carbocycles. The Labute approximate surface area is 114 Å². The van der Waals surface area contributed by atoms with Gasteiger partial charge >= 0.3 is 12.1 Å². The molecule has 6 nitrogen and oxygen atoms in total. The summed E-state index contributed by atoms with van der Waals surface area (Å²) in [6.45, 7) is 9.61. The highest BCUT2D eigenvalue weighted by Crippen LogP contribution is 2.07. The lowest BCUT2D eigenvalue weighted by molar-refractivity contribution is -0.139. The van der Waals surface area contributed by atoms with Crippen molar-refractivity contribution in [2.75, 3.05) is 6.54 Å². The zero-order valence-electron chi connectivity index (χ0n) is 12.4. The quantitative estimate of drug-likeness (QED) is 0.658. The van der Waals surface area contributed by atoms with Crippen LogP contribution in [0.4, 0.5) is 4.79 Å². The molecule has 0 aliphatic rings. The van der Waals surface area contributed by atoms with Gasteiger partial charge in [-0.15, -0.1) is 0 Å². The van der Waals surface area contributed by atoms with Gasteiger partial charge in [-0.2, -0.15) is 0 Å². The monoisotopic (exact) mass is 274 g/mol. The second-order valence-corrected chi connectivity index (χ2v) is 5.59. The lowest BCUT2D eigenvalue weighted by Crippen LogP contribution is -2.41. The van der Waals surface area contributed by atoms with Crippen LogP contribution in [-0.2, 0) is 9.53 Å². The number of carbonyl (C=O) groups is 2. The molecule has 112 valence electrons. The Hall–Kier alpha value is -1.30. The number of ether oxygens (including phenoxy) is 1. The van der Waals surface area contributed by atoms with Crippen molar-refractivity contribution in [3.8, 4) is 0 Å². The zero-order valence-corrected chi connectivity index (χ0v) is 12.4. The van der Waals surface area contributed by atoms with Crippen LogP contribution in [0, 0.1) is 0 Å². The van der Waals surface area contributed by atoms with Crippen molar-refractivity contribution in [3.63, 3.8) is 0 Å². The molecule has 0 heterocycles. The number of aliphatic carboxylic acids is 1. The van der Waals surface area contributed by atoms with Crippen LogP contribution < -0.4 is 10.6 Å². The van der Waals surface area contributed by atoms with Gasteiger partial charge in [0.2, 0.25) is 0 Å². The molecule has 3 N–H and O–H groups in total. The number of alkyl carbamates (subject to hydrolysis) is 1. The molecule has 0 aromatic heterocycles. The second-order valence-electron chi connectivity index (χ2n) is 5.59. The molecule has 0 aliphatic heterocycles. The number of rotatable bonds is 7. The largest absolute Gasteiger partial charge is 0.480 e. The SMILES string of the molecule is CCC(NCCC(C)NC(=O)OC(C)(C)C)C(=O)O. The topological polar surface area (TPSA) is 87.7 Å². The van der Waals surface area contributed by atoms with Gasteiger partial charge in [0, 0.05) is 6.04 Å². The zero-order chi connectivity index (χ0) is 15.1. The maximum Gasteiger partial charge on any atom is 0.407 e. The van der Waals surface area contributed by atoms with Gasteiger partial charge in [-0.3, -0.25) is 4.79 Å². The van der Waals surface area contributed by atoms with Gasteiger partial charge in [0.1, 0.15) is 11.6 Å². The standard InChI is InChI=1S/C13H26N2O4/c1-6-10(11(16)17)14-8-7-9(2)15-12(18)19-13(3,4)5/h9-10,14H,6-8H2,1-5H3,(H,15,18)(H,16,17). The first kappa shape index (κ1) is 17.7. The van der Waals surface area contributed by atoms with Crippen molar-refractivity contribution in [2.24, 2.45) is 0 Å². The third-order valence-corrected chi connectivity index (χ3v) is 2.44. The minimum atomic E-state index is -0.852. The Morgan fingerprint density at radius 1 is 1.32 bits per heavy atom. The van der Waals surface area contributed by atoms with E-state index in [1.807, 2.05) is 13.8 Å². The minimum Gasteiger partial charge on any atom is -0.480 e. The molecule has 2 atom stereocenters. The number of hydrogen-bond donors (Lipinski definition) is 3. The van der Waals surface area contributed by atoms with Gasteiger partial charge in [-0.1, -0.05) is 6.92 Å². The lowest BCUT2D eigenvalue weighted by Gasteiger charge is -2.22. The fraction of sp³-hybridized carbons (Fsp3) is 0.846. The number of carboxylic acids is 1. The van der Waals surface area contributed by atoms with E-state index in [1.165, 1.54) is 0 Å². The second kappa shape index (κ2) is 7.99. The molecule has 0 saturated heterocycles. The van der Waals surface area contributed by atoms with Crippen molar-refractivity contribution >= 4 is 12.1 Å². The molecule has 1 amide bonds. The van der Waals surface area contributed by atoms with Gasteiger partial charge in [-0.05, 0) is 47.1 Å². The molecule has 0 aliphatic carbocycles. The van der Waals surface area contributed by atoms with E-state index in [4.69, 9.17) is 9.84 Å². The first-order valence-electron chi connectivity index (χ1n) is 6.61. The summed E-state index contributed by atoms with van der Waals surface area (Å²) in [6.07, 6.45) is 0.719. The van der Waals surface area contributed by atoms with E-state index in [9.17, 15) is 9.59 Å². The summed E-state index contributed by atoms with van der Waals surface area (Å²) in [5.74, 6) is -0.852. The van der Waals surface area contributed by atoms with E-state index in [0.717, 1.165) is 0 Å². The molecular weight excluding hydrogens is 248 g/mol. The van der Waals surface area contributed by atoms with E-state index in [2.05, 4.69) is 10.6 Å². The molecule has 2 unspecified atom stereocenters. The van der Waals surface area contributed by atoms with Crippen molar-refractivity contribution in [1.82, 2.24) is 10.6 Å². The van der Waals surface area contributed by atoms with Crippen molar-refractivity contribution in [2.45, 2.75) is 65.1 Å². The Morgan fingerprint density at radius 3 is 2.32 bits per heavy atom. The number of amides is 1. The molecule has 6 heteroatoms. The van der Waals surface area contributed by atoms with Crippen LogP contribution in [0.25, 0.3) is 0 Å². The number of nitrogens with one attached hydrogen (secondary N) is 2. The summed E-state index contributed by atoms with van der Waals surface area (Å²) in [6, 6.07) is -0.609. The molecule has 19 heavy (non-hydrogen) atoms. The first-order chi connectivity index (χ1) is 8.65. The van der Waals surface area contributed by atoms with Gasteiger partial charge in [0.25, 0.3) is 0 Å². The molecule has 0 fully saturated rings. The molecule has 0 saturated carbocycles. The molecule has 0 radical (unpaired) electrons. The van der Waals surface area contributed by atoms with Crippen molar-refractivity contribution < 1.29 is 19.4 Å². The van der Waals surface area contributed by atoms with E-state index in [-0.39, 0.29) is 6.04 Å². The third kappa shape index (κ3) is 9.30. The van der Waals surface area contributed by atoms with Crippen molar-refractivity contribution in [1.29, 1.82) is 0 Å². The van der Waals surface area contributed by atoms with Crippen LogP contribution in [0.15, 0.2) is 0 Å². The van der Waals surface area contributed by atoms with Crippen LogP contribution in [-0.4, -0.2) is 41.4 Å². The molecule has 0 bridgehead atoms. The maximum absolute atomic E-state index is 11.5. The summed E-state index contributed by atoms with van der Waals surface area (Å²) in [5, 5.41) is 14.5. The highest BCUT2D eigenvalue weighted by atomic mass is 16.6. The number of hydrogen-bond acceptors (Lipinski definition) is 4. The molecule has 0 aromatic rings. The van der Waals surface area contributed by atoms with Crippen LogP contribution >= 0.6 is 0 Å². The Kier molecular flexibility index (Phi) is 7.44. The van der Waals surface area contributed by atoms with Gasteiger partial charge in [0.05, 0.1) is 0 Å². The van der Waals surface area contributed by atoms with Gasteiger partial charge < -0.3 is 20.5 Å². The Bertz CT molecular complexity index is 300. The van der Waals surface area contributed by atoms with E-state index in [0.29, 0.717) is 19.4 Å². The van der Waals surface area contributed by atoms with Crippen LogP contribution in [0.1, 0.15) is 47.5 Å². The Morgan fingerprint density at radius 2 is 1.89 bits per heavy atom. The van der Waals surface area contributed by atoms with Crippen LogP contribution in [0.5, 0.6) is 0 Å². The Balaban J connectivity index is 3.90. The van der Waals surface area contributed by atoms with Gasteiger partial charge in [0.15, 0.2) is 0 Å². The predicted molar refractivity (Wildman–Crippen MR) is 73.2 cm³/mol. The predicted octanol–water partition coefficient (Wildman–Crippen LogP) is 1.74. The minimum absolute atomic E-state index is 0.0753. The summed E-state index contributed by atoms with van der Waals surface area (Å²) in [4.78, 5) is 22.3. The smallest absolute Gasteiger partial charge is 0.407 e. The highest BCUT2D eigenvalue weighted by molar-refractivity contribution is 5.73. The summed E-state index contributed by atoms with van der Waals surface area (Å²) in [7, 11) is 0. The van der Waals surface area contributed by atoms with E-state index in [1.54, 1.807) is 20.8 Å². The van der Waals surface area contributed by atoms with E-state index >= 15 is 0 Å². The normalized spacial score (nSPS) is 14.6. The highest BCUT2D eigenvalue weighted by Gasteiger charge is 2.18. The third-order valence-electron chi connectivity index (χ3n) is 2.44. The first-order valence-corrected chi connectivity index (χ1v) is 6.61. The lowest BCUT2D eigenvalue weighted by atomic mass is 10.2. The number of carboxylic acid groups (broad SMARTS) is 1. The average molecular weight is 274 g/mol. The average Bonchev–Trinajstić information content (AvgIpc) is 2.20.